The van der Waals surface area contributed by atoms with E-state index in [0.717, 1.165) is 18.4 Å². The first-order valence-electron chi connectivity index (χ1n) is 4.92. The minimum absolute atomic E-state index is 0. The standard InChI is InChI=1S/C12H12N2.2ClH/c13-12(5-6-12)10-3-4-11-9(8-10)2-1-7-14-11;;/h1-4,7-8H,5-6,13H2;2*1H. The summed E-state index contributed by atoms with van der Waals surface area (Å²) in [6, 6.07) is 10.4. The van der Waals surface area contributed by atoms with Gasteiger partial charge in [-0.15, -0.1) is 24.8 Å². The number of pyridine rings is 1. The molecule has 0 bridgehead atoms. The predicted octanol–water partition coefficient (Wildman–Crippen LogP) is 3.03. The van der Waals surface area contributed by atoms with Gasteiger partial charge in [-0.05, 0) is 36.6 Å². The molecule has 1 aromatic carbocycles. The van der Waals surface area contributed by atoms with E-state index in [9.17, 15) is 0 Å². The maximum Gasteiger partial charge on any atom is 0.0702 e. The van der Waals surface area contributed by atoms with Crippen molar-refractivity contribution in [1.82, 2.24) is 4.98 Å². The number of halogens is 2. The van der Waals surface area contributed by atoms with Gasteiger partial charge in [-0.25, -0.2) is 0 Å². The summed E-state index contributed by atoms with van der Waals surface area (Å²) in [6.45, 7) is 0. The zero-order valence-corrected chi connectivity index (χ0v) is 10.4. The molecule has 1 aliphatic carbocycles. The van der Waals surface area contributed by atoms with Crippen molar-refractivity contribution in [1.29, 1.82) is 0 Å². The van der Waals surface area contributed by atoms with Crippen molar-refractivity contribution in [3.63, 3.8) is 0 Å². The Morgan fingerprint density at radius 3 is 2.56 bits per heavy atom. The van der Waals surface area contributed by atoms with Crippen molar-refractivity contribution >= 4 is 35.7 Å². The molecule has 86 valence electrons. The lowest BCUT2D eigenvalue weighted by Gasteiger charge is -2.09. The zero-order chi connectivity index (χ0) is 9.60. The Balaban J connectivity index is 0.000000640. The average Bonchev–Trinajstić information content (AvgIpc) is 2.97. The average molecular weight is 257 g/mol. The molecule has 0 aliphatic heterocycles. The molecule has 3 rings (SSSR count). The molecule has 0 atom stereocenters. The Morgan fingerprint density at radius 2 is 1.88 bits per heavy atom. The van der Waals surface area contributed by atoms with Gasteiger partial charge >= 0.3 is 0 Å². The molecule has 4 heteroatoms. The second-order valence-corrected chi connectivity index (χ2v) is 4.07. The van der Waals surface area contributed by atoms with E-state index in [1.165, 1.54) is 10.9 Å². The van der Waals surface area contributed by atoms with Gasteiger partial charge in [0.15, 0.2) is 0 Å². The minimum Gasteiger partial charge on any atom is -0.321 e. The Labute approximate surface area is 107 Å². The summed E-state index contributed by atoms with van der Waals surface area (Å²) in [4.78, 5) is 4.28. The topological polar surface area (TPSA) is 38.9 Å². The summed E-state index contributed by atoms with van der Waals surface area (Å²) in [7, 11) is 0. The first-order valence-corrected chi connectivity index (χ1v) is 4.92. The van der Waals surface area contributed by atoms with Crippen LogP contribution in [0.15, 0.2) is 36.5 Å². The highest BCUT2D eigenvalue weighted by Gasteiger charge is 2.39. The fourth-order valence-electron chi connectivity index (χ4n) is 1.81. The smallest absolute Gasteiger partial charge is 0.0702 e. The molecule has 2 aromatic rings. The lowest BCUT2D eigenvalue weighted by molar-refractivity contribution is 0.741. The molecule has 0 saturated heterocycles. The molecule has 16 heavy (non-hydrogen) atoms. The maximum absolute atomic E-state index is 6.14. The number of hydrogen-bond acceptors (Lipinski definition) is 2. The molecule has 1 saturated carbocycles. The van der Waals surface area contributed by atoms with E-state index in [-0.39, 0.29) is 30.4 Å². The molecule has 1 aromatic heterocycles. The summed E-state index contributed by atoms with van der Waals surface area (Å²) < 4.78 is 0. The van der Waals surface area contributed by atoms with Gasteiger partial charge in [0.05, 0.1) is 5.52 Å². The number of fused-ring (bicyclic) bond motifs is 1. The zero-order valence-electron chi connectivity index (χ0n) is 8.72. The molecule has 0 unspecified atom stereocenters. The van der Waals surface area contributed by atoms with Gasteiger partial charge in [0.2, 0.25) is 0 Å². The highest BCUT2D eigenvalue weighted by Crippen LogP contribution is 2.43. The molecular weight excluding hydrogens is 243 g/mol. The second-order valence-electron chi connectivity index (χ2n) is 4.07. The third kappa shape index (κ3) is 2.14. The van der Waals surface area contributed by atoms with Crippen molar-refractivity contribution in [2.45, 2.75) is 18.4 Å². The first kappa shape index (κ1) is 13.2. The fraction of sp³-hybridized carbons (Fsp3) is 0.250. The SMILES string of the molecule is Cl.Cl.NC1(c2ccc3ncccc3c2)CC1. The van der Waals surface area contributed by atoms with Crippen molar-refractivity contribution in [2.24, 2.45) is 5.73 Å². The van der Waals surface area contributed by atoms with Crippen LogP contribution in [-0.2, 0) is 5.54 Å². The quantitative estimate of drug-likeness (QED) is 0.852. The monoisotopic (exact) mass is 256 g/mol. The summed E-state index contributed by atoms with van der Waals surface area (Å²) in [5.74, 6) is 0. The van der Waals surface area contributed by atoms with Crippen LogP contribution in [0.25, 0.3) is 10.9 Å². The van der Waals surface area contributed by atoms with Crippen molar-refractivity contribution in [3.8, 4) is 0 Å². The second kappa shape index (κ2) is 4.58. The summed E-state index contributed by atoms with van der Waals surface area (Å²) in [6.07, 6.45) is 4.04. The lowest BCUT2D eigenvalue weighted by Crippen LogP contribution is -2.18. The first-order chi connectivity index (χ1) is 6.78. The molecule has 2 N–H and O–H groups in total. The van der Waals surface area contributed by atoms with E-state index >= 15 is 0 Å². The predicted molar refractivity (Wildman–Crippen MR) is 71.3 cm³/mol. The van der Waals surface area contributed by atoms with E-state index < -0.39 is 0 Å². The highest BCUT2D eigenvalue weighted by molar-refractivity contribution is 5.85. The third-order valence-electron chi connectivity index (χ3n) is 2.97. The van der Waals surface area contributed by atoms with Gasteiger partial charge in [-0.2, -0.15) is 0 Å². The Bertz CT molecular complexity index is 495. The van der Waals surface area contributed by atoms with Crippen LogP contribution in [-0.4, -0.2) is 4.98 Å². The van der Waals surface area contributed by atoms with Gasteiger partial charge in [0.1, 0.15) is 0 Å². The highest BCUT2D eigenvalue weighted by atomic mass is 35.5. The fourth-order valence-corrected chi connectivity index (χ4v) is 1.81. The molecule has 1 heterocycles. The third-order valence-corrected chi connectivity index (χ3v) is 2.97. The molecule has 2 nitrogen and oxygen atoms in total. The summed E-state index contributed by atoms with van der Waals surface area (Å²) in [5.41, 5.74) is 8.39. The van der Waals surface area contributed by atoms with Crippen LogP contribution >= 0.6 is 24.8 Å². The van der Waals surface area contributed by atoms with Crippen LogP contribution in [0.2, 0.25) is 0 Å². The molecule has 1 fully saturated rings. The van der Waals surface area contributed by atoms with Gasteiger partial charge in [-0.3, -0.25) is 4.98 Å². The van der Waals surface area contributed by atoms with E-state index in [1.807, 2.05) is 12.3 Å². The number of benzene rings is 1. The van der Waals surface area contributed by atoms with E-state index in [1.54, 1.807) is 0 Å². The van der Waals surface area contributed by atoms with Crippen LogP contribution in [0.4, 0.5) is 0 Å². The van der Waals surface area contributed by atoms with Crippen LogP contribution in [0.3, 0.4) is 0 Å². The van der Waals surface area contributed by atoms with Crippen LogP contribution in [0, 0.1) is 0 Å². The van der Waals surface area contributed by atoms with Crippen molar-refractivity contribution < 1.29 is 0 Å². The molecular formula is C12H14Cl2N2. The molecule has 1 aliphatic rings. The number of hydrogen-bond donors (Lipinski definition) is 1. The lowest BCUT2D eigenvalue weighted by atomic mass is 10.0. The van der Waals surface area contributed by atoms with Crippen molar-refractivity contribution in [3.05, 3.63) is 42.1 Å². The molecule has 0 spiro atoms. The normalized spacial score (nSPS) is 16.1. The summed E-state index contributed by atoms with van der Waals surface area (Å²) >= 11 is 0. The molecule has 0 amide bonds. The largest absolute Gasteiger partial charge is 0.321 e. The van der Waals surface area contributed by atoms with Gasteiger partial charge in [0, 0.05) is 17.1 Å². The Morgan fingerprint density at radius 1 is 1.12 bits per heavy atom. The van der Waals surface area contributed by atoms with Crippen molar-refractivity contribution in [2.75, 3.05) is 0 Å². The molecule has 0 radical (unpaired) electrons. The summed E-state index contributed by atoms with van der Waals surface area (Å²) in [5, 5.41) is 1.18. The van der Waals surface area contributed by atoms with Gasteiger partial charge in [0.25, 0.3) is 0 Å². The Hall–Kier alpha value is -0.830. The van der Waals surface area contributed by atoms with Crippen LogP contribution in [0.1, 0.15) is 18.4 Å². The minimum atomic E-state index is -0.0377. The van der Waals surface area contributed by atoms with E-state index in [0.29, 0.717) is 0 Å². The number of aromatic nitrogens is 1. The number of nitrogens with two attached hydrogens (primary N) is 1. The number of rotatable bonds is 1. The Kier molecular flexibility index (Phi) is 3.79. The van der Waals surface area contributed by atoms with Crippen LogP contribution < -0.4 is 5.73 Å². The van der Waals surface area contributed by atoms with E-state index in [2.05, 4.69) is 29.2 Å². The van der Waals surface area contributed by atoms with Gasteiger partial charge in [-0.1, -0.05) is 12.1 Å². The van der Waals surface area contributed by atoms with E-state index in [4.69, 9.17) is 5.73 Å². The van der Waals surface area contributed by atoms with Crippen LogP contribution in [0.5, 0.6) is 0 Å². The van der Waals surface area contributed by atoms with Gasteiger partial charge < -0.3 is 5.73 Å². The maximum atomic E-state index is 6.14. The number of nitrogens with zero attached hydrogens (tertiary/aromatic N) is 1.